The Bertz CT molecular complexity index is 1350. The van der Waals surface area contributed by atoms with Gasteiger partial charge in [0, 0.05) is 29.1 Å². The molecule has 0 fully saturated rings. The third kappa shape index (κ3) is 4.18. The zero-order chi connectivity index (χ0) is 22.7. The monoisotopic (exact) mass is 433 g/mol. The van der Waals surface area contributed by atoms with Crippen LogP contribution in [0.4, 0.5) is 0 Å². The number of aryl methyl sites for hydroxylation is 1. The fraction of sp³-hybridized carbons (Fsp3) is 0.217. The summed E-state index contributed by atoms with van der Waals surface area (Å²) in [6.07, 6.45) is 5.16. The quantitative estimate of drug-likeness (QED) is 0.338. The number of hydrogen-bond donors (Lipinski definition) is 1. The highest BCUT2D eigenvalue weighted by Crippen LogP contribution is 2.22. The molecule has 3 aromatic heterocycles. The van der Waals surface area contributed by atoms with Crippen LogP contribution in [-0.4, -0.2) is 44.1 Å². The van der Waals surface area contributed by atoms with Crippen molar-refractivity contribution in [2.24, 2.45) is 0 Å². The van der Waals surface area contributed by atoms with Gasteiger partial charge in [0.1, 0.15) is 12.4 Å². The molecule has 0 radical (unpaired) electrons. The van der Waals surface area contributed by atoms with Gasteiger partial charge >= 0.3 is 5.97 Å². The number of rotatable bonds is 8. The van der Waals surface area contributed by atoms with Gasteiger partial charge in [0.25, 0.3) is 5.56 Å². The predicted octanol–water partition coefficient (Wildman–Crippen LogP) is 2.52. The second kappa shape index (κ2) is 8.93. The SMILES string of the molecule is C=CCOc1ccccc1Cn1cc(-c2cc3nc(C)c(CC(=O)OC)c(=O)n3[nH]2)cn1. The minimum absolute atomic E-state index is 0.128. The molecule has 0 bridgehead atoms. The van der Waals surface area contributed by atoms with Crippen molar-refractivity contribution in [3.05, 3.63) is 82.6 Å². The molecule has 0 saturated carbocycles. The van der Waals surface area contributed by atoms with Crippen LogP contribution in [-0.2, 0) is 22.5 Å². The smallest absolute Gasteiger partial charge is 0.310 e. The molecule has 32 heavy (non-hydrogen) atoms. The lowest BCUT2D eigenvalue weighted by molar-refractivity contribution is -0.139. The standard InChI is InChI=1S/C23H23N5O4/c1-4-9-32-20-8-6-5-7-16(20)13-27-14-17(12-24-27)19-11-21-25-15(2)18(10-22(29)31-3)23(30)28(21)26-19/h4-8,11-12,14,26H,1,9-10,13H2,2-3H3. The number of aromatic amines is 1. The third-order valence-corrected chi connectivity index (χ3v) is 5.07. The van der Waals surface area contributed by atoms with E-state index in [0.717, 1.165) is 16.9 Å². The molecule has 4 aromatic rings. The molecule has 0 saturated heterocycles. The second-order valence-electron chi connectivity index (χ2n) is 7.23. The fourth-order valence-electron chi connectivity index (χ4n) is 3.43. The van der Waals surface area contributed by atoms with E-state index >= 15 is 0 Å². The Morgan fingerprint density at radius 2 is 2.12 bits per heavy atom. The summed E-state index contributed by atoms with van der Waals surface area (Å²) >= 11 is 0. The van der Waals surface area contributed by atoms with E-state index in [1.807, 2.05) is 30.5 Å². The lowest BCUT2D eigenvalue weighted by Crippen LogP contribution is -2.24. The maximum Gasteiger partial charge on any atom is 0.310 e. The first-order chi connectivity index (χ1) is 15.5. The summed E-state index contributed by atoms with van der Waals surface area (Å²) in [4.78, 5) is 29.0. The molecule has 0 aliphatic rings. The van der Waals surface area contributed by atoms with Gasteiger partial charge < -0.3 is 9.47 Å². The second-order valence-corrected chi connectivity index (χ2v) is 7.23. The van der Waals surface area contributed by atoms with Gasteiger partial charge in [0.05, 0.1) is 37.5 Å². The van der Waals surface area contributed by atoms with Crippen molar-refractivity contribution < 1.29 is 14.3 Å². The van der Waals surface area contributed by atoms with Crippen LogP contribution >= 0.6 is 0 Å². The fourth-order valence-corrected chi connectivity index (χ4v) is 3.43. The first kappa shape index (κ1) is 21.1. The number of nitrogens with one attached hydrogen (secondary N) is 1. The predicted molar refractivity (Wildman–Crippen MR) is 119 cm³/mol. The number of aromatic nitrogens is 5. The molecule has 0 aliphatic heterocycles. The maximum absolute atomic E-state index is 12.9. The lowest BCUT2D eigenvalue weighted by Gasteiger charge is -2.09. The Morgan fingerprint density at radius 1 is 1.31 bits per heavy atom. The van der Waals surface area contributed by atoms with Crippen molar-refractivity contribution in [2.45, 2.75) is 19.9 Å². The van der Waals surface area contributed by atoms with Gasteiger partial charge in [-0.05, 0) is 13.0 Å². The van der Waals surface area contributed by atoms with E-state index in [1.54, 1.807) is 29.9 Å². The number of methoxy groups -OCH3 is 1. The number of benzene rings is 1. The molecule has 4 rings (SSSR count). The Kier molecular flexibility index (Phi) is 5.89. The van der Waals surface area contributed by atoms with E-state index in [4.69, 9.17) is 4.74 Å². The number of hydrogen-bond acceptors (Lipinski definition) is 6. The van der Waals surface area contributed by atoms with Gasteiger partial charge in [-0.2, -0.15) is 5.10 Å². The van der Waals surface area contributed by atoms with E-state index in [0.29, 0.717) is 35.8 Å². The zero-order valence-electron chi connectivity index (χ0n) is 17.9. The highest BCUT2D eigenvalue weighted by atomic mass is 16.5. The number of carbonyl (C=O) groups excluding carboxylic acids is 1. The summed E-state index contributed by atoms with van der Waals surface area (Å²) < 4.78 is 13.5. The van der Waals surface area contributed by atoms with Crippen LogP contribution in [0.5, 0.6) is 5.75 Å². The molecule has 0 spiro atoms. The molecule has 164 valence electrons. The minimum atomic E-state index is -0.489. The number of esters is 1. The summed E-state index contributed by atoms with van der Waals surface area (Å²) in [6, 6.07) is 9.54. The van der Waals surface area contributed by atoms with Gasteiger partial charge in [-0.3, -0.25) is 19.4 Å². The maximum atomic E-state index is 12.9. The summed E-state index contributed by atoms with van der Waals surface area (Å²) in [5.74, 6) is 0.289. The first-order valence-corrected chi connectivity index (χ1v) is 10.0. The molecule has 9 nitrogen and oxygen atoms in total. The van der Waals surface area contributed by atoms with Crippen molar-refractivity contribution in [1.29, 1.82) is 0 Å². The zero-order valence-corrected chi connectivity index (χ0v) is 17.9. The summed E-state index contributed by atoms with van der Waals surface area (Å²) in [5.41, 5.74) is 3.41. The van der Waals surface area contributed by atoms with Crippen LogP contribution in [0, 0.1) is 6.92 Å². The number of carbonyl (C=O) groups is 1. The molecule has 0 atom stereocenters. The van der Waals surface area contributed by atoms with Crippen LogP contribution in [0.2, 0.25) is 0 Å². The van der Waals surface area contributed by atoms with Gasteiger partial charge in [0.2, 0.25) is 0 Å². The molecular formula is C23H23N5O4. The molecular weight excluding hydrogens is 410 g/mol. The number of nitrogens with zero attached hydrogens (tertiary/aromatic N) is 4. The number of H-pyrrole nitrogens is 1. The summed E-state index contributed by atoms with van der Waals surface area (Å²) in [6.45, 7) is 6.33. The van der Waals surface area contributed by atoms with Crippen molar-refractivity contribution in [2.75, 3.05) is 13.7 Å². The van der Waals surface area contributed by atoms with Gasteiger partial charge in [-0.25, -0.2) is 9.50 Å². The Hall–Kier alpha value is -4.14. The number of ether oxygens (including phenoxy) is 2. The van der Waals surface area contributed by atoms with Crippen molar-refractivity contribution in [1.82, 2.24) is 24.4 Å². The highest BCUT2D eigenvalue weighted by Gasteiger charge is 2.16. The van der Waals surface area contributed by atoms with Crippen LogP contribution in [0.3, 0.4) is 0 Å². The Labute approximate surface area is 183 Å². The lowest BCUT2D eigenvalue weighted by atomic mass is 10.2. The van der Waals surface area contributed by atoms with Crippen molar-refractivity contribution >= 4 is 11.6 Å². The van der Waals surface area contributed by atoms with Gasteiger partial charge in [-0.1, -0.05) is 30.9 Å². The van der Waals surface area contributed by atoms with E-state index in [2.05, 4.69) is 26.5 Å². The van der Waals surface area contributed by atoms with Crippen molar-refractivity contribution in [3.63, 3.8) is 0 Å². The normalized spacial score (nSPS) is 10.9. The third-order valence-electron chi connectivity index (χ3n) is 5.07. The molecule has 3 heterocycles. The van der Waals surface area contributed by atoms with Crippen LogP contribution < -0.4 is 10.3 Å². The average molecular weight is 433 g/mol. The van der Waals surface area contributed by atoms with E-state index in [9.17, 15) is 9.59 Å². The van der Waals surface area contributed by atoms with Gasteiger partial charge in [0.15, 0.2) is 5.65 Å². The molecule has 1 N–H and O–H groups in total. The summed E-state index contributed by atoms with van der Waals surface area (Å²) in [5, 5.41) is 7.50. The van der Waals surface area contributed by atoms with Crippen LogP contribution in [0.1, 0.15) is 16.8 Å². The molecule has 1 aromatic carbocycles. The molecule has 0 aliphatic carbocycles. The van der Waals surface area contributed by atoms with Gasteiger partial charge in [-0.15, -0.1) is 0 Å². The molecule has 0 amide bonds. The molecule has 0 unspecified atom stereocenters. The number of fused-ring (bicyclic) bond motifs is 1. The molecule has 9 heteroatoms. The van der Waals surface area contributed by atoms with Crippen LogP contribution in [0.25, 0.3) is 16.9 Å². The first-order valence-electron chi connectivity index (χ1n) is 10.0. The van der Waals surface area contributed by atoms with E-state index in [-0.39, 0.29) is 12.0 Å². The Balaban J connectivity index is 1.63. The van der Waals surface area contributed by atoms with E-state index in [1.165, 1.54) is 11.6 Å². The minimum Gasteiger partial charge on any atom is -0.489 e. The van der Waals surface area contributed by atoms with Crippen molar-refractivity contribution in [3.8, 4) is 17.0 Å². The number of para-hydroxylation sites is 1. The summed E-state index contributed by atoms with van der Waals surface area (Å²) in [7, 11) is 1.29. The highest BCUT2D eigenvalue weighted by molar-refractivity contribution is 5.73. The topological polar surface area (TPSA) is 104 Å². The average Bonchev–Trinajstić information content (AvgIpc) is 3.43. The largest absolute Gasteiger partial charge is 0.489 e. The Morgan fingerprint density at radius 3 is 2.91 bits per heavy atom. The van der Waals surface area contributed by atoms with Crippen LogP contribution in [0.15, 0.2) is 60.2 Å². The van der Waals surface area contributed by atoms with E-state index < -0.39 is 5.97 Å².